The molecule has 1 saturated carbocycles. The Labute approximate surface area is 107 Å². The number of nitrogens with one attached hydrogen (secondary N) is 1. The molecule has 1 fully saturated rings. The Bertz CT molecular complexity index is 495. The van der Waals surface area contributed by atoms with Gasteiger partial charge in [0.15, 0.2) is 0 Å². The van der Waals surface area contributed by atoms with Gasteiger partial charge in [-0.25, -0.2) is 0 Å². The van der Waals surface area contributed by atoms with Crippen LogP contribution in [0.15, 0.2) is 42.0 Å². The Morgan fingerprint density at radius 1 is 1.44 bits per heavy atom. The van der Waals surface area contributed by atoms with Crippen LogP contribution in [0.25, 0.3) is 0 Å². The van der Waals surface area contributed by atoms with E-state index in [9.17, 15) is 4.79 Å². The van der Waals surface area contributed by atoms with Gasteiger partial charge < -0.3 is 5.32 Å². The van der Waals surface area contributed by atoms with Crippen LogP contribution in [-0.2, 0) is 4.79 Å². The number of nitriles is 1. The van der Waals surface area contributed by atoms with Gasteiger partial charge in [0.05, 0.1) is 6.04 Å². The van der Waals surface area contributed by atoms with Gasteiger partial charge in [0.25, 0.3) is 5.91 Å². The molecule has 0 bridgehead atoms. The number of nitrogens with zero attached hydrogens (tertiary/aromatic N) is 1. The van der Waals surface area contributed by atoms with Gasteiger partial charge >= 0.3 is 0 Å². The van der Waals surface area contributed by atoms with E-state index in [-0.39, 0.29) is 17.5 Å². The van der Waals surface area contributed by atoms with Crippen LogP contribution >= 0.6 is 0 Å². The molecule has 0 heterocycles. The second-order valence-electron chi connectivity index (χ2n) is 4.51. The number of benzene rings is 1. The van der Waals surface area contributed by atoms with Crippen LogP contribution in [0.5, 0.6) is 0 Å². The highest BCUT2D eigenvalue weighted by molar-refractivity contribution is 5.97. The van der Waals surface area contributed by atoms with Gasteiger partial charge in [-0.05, 0) is 31.2 Å². The molecule has 0 spiro atoms. The third kappa shape index (κ3) is 2.78. The third-order valence-electron chi connectivity index (χ3n) is 3.19. The fraction of sp³-hybridized carbons (Fsp3) is 0.333. The fourth-order valence-electron chi connectivity index (χ4n) is 2.03. The lowest BCUT2D eigenvalue weighted by Gasteiger charge is -2.18. The molecule has 1 aromatic carbocycles. The summed E-state index contributed by atoms with van der Waals surface area (Å²) in [5.41, 5.74) is 1.29. The van der Waals surface area contributed by atoms with E-state index < -0.39 is 0 Å². The Kier molecular flexibility index (Phi) is 3.78. The molecule has 0 aromatic heterocycles. The number of carbonyl (C=O) groups excluding carboxylic acids is 1. The maximum absolute atomic E-state index is 11.9. The highest BCUT2D eigenvalue weighted by atomic mass is 16.1. The second-order valence-corrected chi connectivity index (χ2v) is 4.51. The molecular weight excluding hydrogens is 224 g/mol. The average molecular weight is 240 g/mol. The molecule has 0 aliphatic heterocycles. The predicted octanol–water partition coefficient (Wildman–Crippen LogP) is 2.72. The Balaban J connectivity index is 2.14. The van der Waals surface area contributed by atoms with Crippen molar-refractivity contribution in [3.05, 3.63) is 47.5 Å². The molecule has 0 radical (unpaired) electrons. The zero-order chi connectivity index (χ0) is 13.0. The molecule has 3 nitrogen and oxygen atoms in total. The standard InChI is InChI=1S/C15H16N2O/c1-2-11(10-16)15(18)17-14(13-8-9-13)12-6-4-3-5-7-12/h2-7,13-14H,8-9H2,1H3,(H,17,18)/b11-2+/t14-/m1/s1. The van der Waals surface area contributed by atoms with Crippen LogP contribution in [0.3, 0.4) is 0 Å². The monoisotopic (exact) mass is 240 g/mol. The molecule has 1 N–H and O–H groups in total. The van der Waals surface area contributed by atoms with Gasteiger partial charge in [0, 0.05) is 0 Å². The summed E-state index contributed by atoms with van der Waals surface area (Å²) < 4.78 is 0. The van der Waals surface area contributed by atoms with Crippen LogP contribution in [0.4, 0.5) is 0 Å². The first-order valence-corrected chi connectivity index (χ1v) is 6.18. The second kappa shape index (κ2) is 5.50. The van der Waals surface area contributed by atoms with E-state index in [1.807, 2.05) is 36.4 Å². The van der Waals surface area contributed by atoms with Crippen molar-refractivity contribution in [2.24, 2.45) is 5.92 Å². The van der Waals surface area contributed by atoms with Crippen molar-refractivity contribution in [2.45, 2.75) is 25.8 Å². The normalized spacial score (nSPS) is 16.8. The van der Waals surface area contributed by atoms with E-state index in [2.05, 4.69) is 5.32 Å². The molecule has 3 heteroatoms. The zero-order valence-corrected chi connectivity index (χ0v) is 10.4. The van der Waals surface area contributed by atoms with Crippen molar-refractivity contribution in [3.8, 4) is 6.07 Å². The largest absolute Gasteiger partial charge is 0.344 e. The van der Waals surface area contributed by atoms with Crippen molar-refractivity contribution in [1.29, 1.82) is 5.26 Å². The molecule has 2 rings (SSSR count). The van der Waals surface area contributed by atoms with Crippen molar-refractivity contribution in [2.75, 3.05) is 0 Å². The van der Waals surface area contributed by atoms with Gasteiger partial charge in [-0.1, -0.05) is 36.4 Å². The first-order valence-electron chi connectivity index (χ1n) is 6.18. The van der Waals surface area contributed by atoms with Crippen LogP contribution in [-0.4, -0.2) is 5.91 Å². The topological polar surface area (TPSA) is 52.9 Å². The Morgan fingerprint density at radius 2 is 2.11 bits per heavy atom. The molecule has 1 aliphatic carbocycles. The molecule has 1 aliphatic rings. The zero-order valence-electron chi connectivity index (χ0n) is 10.4. The summed E-state index contributed by atoms with van der Waals surface area (Å²) in [7, 11) is 0. The summed E-state index contributed by atoms with van der Waals surface area (Å²) in [5.74, 6) is 0.230. The van der Waals surface area contributed by atoms with E-state index in [0.29, 0.717) is 5.92 Å². The minimum absolute atomic E-state index is 0.0296. The summed E-state index contributed by atoms with van der Waals surface area (Å²) in [5, 5.41) is 11.8. The van der Waals surface area contributed by atoms with E-state index in [4.69, 9.17) is 5.26 Å². The number of hydrogen-bond acceptors (Lipinski definition) is 2. The Hall–Kier alpha value is -2.08. The molecule has 92 valence electrons. The summed E-state index contributed by atoms with van der Waals surface area (Å²) in [6.45, 7) is 1.70. The van der Waals surface area contributed by atoms with Crippen molar-refractivity contribution >= 4 is 5.91 Å². The highest BCUT2D eigenvalue weighted by Gasteiger charge is 2.33. The molecular formula is C15H16N2O. The molecule has 1 aromatic rings. The van der Waals surface area contributed by atoms with E-state index in [1.54, 1.807) is 13.0 Å². The predicted molar refractivity (Wildman–Crippen MR) is 69.4 cm³/mol. The first-order chi connectivity index (χ1) is 8.76. The van der Waals surface area contributed by atoms with Crippen LogP contribution in [0.2, 0.25) is 0 Å². The third-order valence-corrected chi connectivity index (χ3v) is 3.19. The Morgan fingerprint density at radius 3 is 2.61 bits per heavy atom. The molecule has 0 saturated heterocycles. The molecule has 1 atom stereocenters. The first kappa shape index (κ1) is 12.4. The maximum Gasteiger partial charge on any atom is 0.262 e. The highest BCUT2D eigenvalue weighted by Crippen LogP contribution is 2.41. The number of hydrogen-bond donors (Lipinski definition) is 1. The summed E-state index contributed by atoms with van der Waals surface area (Å²) in [4.78, 5) is 11.9. The lowest BCUT2D eigenvalue weighted by Crippen LogP contribution is -2.30. The van der Waals surface area contributed by atoms with Crippen molar-refractivity contribution < 1.29 is 4.79 Å². The smallest absolute Gasteiger partial charge is 0.262 e. The van der Waals surface area contributed by atoms with Crippen LogP contribution in [0, 0.1) is 17.2 Å². The fourth-order valence-corrected chi connectivity index (χ4v) is 2.03. The van der Waals surface area contributed by atoms with Crippen molar-refractivity contribution in [3.63, 3.8) is 0 Å². The van der Waals surface area contributed by atoms with Gasteiger partial charge in [-0.2, -0.15) is 5.26 Å². The van der Waals surface area contributed by atoms with E-state index >= 15 is 0 Å². The van der Waals surface area contributed by atoms with Crippen molar-refractivity contribution in [1.82, 2.24) is 5.32 Å². The molecule has 1 amide bonds. The SMILES string of the molecule is C/C=C(\C#N)C(=O)N[C@H](c1ccccc1)C1CC1. The number of carbonyl (C=O) groups is 1. The number of allylic oxidation sites excluding steroid dienone is 1. The maximum atomic E-state index is 11.9. The van der Waals surface area contributed by atoms with Gasteiger partial charge in [-0.15, -0.1) is 0 Å². The summed E-state index contributed by atoms with van der Waals surface area (Å²) >= 11 is 0. The number of rotatable bonds is 4. The molecule has 0 unspecified atom stereocenters. The van der Waals surface area contributed by atoms with Gasteiger partial charge in [-0.3, -0.25) is 4.79 Å². The minimum atomic E-state index is -0.277. The van der Waals surface area contributed by atoms with Gasteiger partial charge in [0.2, 0.25) is 0 Å². The van der Waals surface area contributed by atoms with E-state index in [1.165, 1.54) is 0 Å². The summed E-state index contributed by atoms with van der Waals surface area (Å²) in [6.07, 6.45) is 3.82. The quantitative estimate of drug-likeness (QED) is 0.650. The minimum Gasteiger partial charge on any atom is -0.344 e. The van der Waals surface area contributed by atoms with Crippen LogP contribution < -0.4 is 5.32 Å². The summed E-state index contributed by atoms with van der Waals surface area (Å²) in [6, 6.07) is 11.9. The lowest BCUT2D eigenvalue weighted by molar-refractivity contribution is -0.118. The lowest BCUT2D eigenvalue weighted by atomic mass is 10.0. The van der Waals surface area contributed by atoms with Gasteiger partial charge in [0.1, 0.15) is 11.6 Å². The van der Waals surface area contributed by atoms with Crippen LogP contribution in [0.1, 0.15) is 31.4 Å². The van der Waals surface area contributed by atoms with E-state index in [0.717, 1.165) is 18.4 Å². The average Bonchev–Trinajstić information content (AvgIpc) is 3.23. The molecule has 18 heavy (non-hydrogen) atoms. The number of amides is 1.